The Balaban J connectivity index is 1.49. The molecule has 38 heavy (non-hydrogen) atoms. The number of nitrogens with zero attached hydrogens (tertiary/aromatic N) is 3. The zero-order valence-corrected chi connectivity index (χ0v) is 21.5. The average molecular weight is 553 g/mol. The Kier molecular flexibility index (Phi) is 8.24. The molecule has 3 aromatic rings. The number of rotatable bonds is 11. The molecule has 10 nitrogen and oxygen atoms in total. The van der Waals surface area contributed by atoms with Crippen LogP contribution in [0.5, 0.6) is 11.5 Å². The van der Waals surface area contributed by atoms with Gasteiger partial charge in [0.25, 0.3) is 5.56 Å². The normalized spacial score (nSPS) is 14.8. The molecular formula is C25H27ClF2N4O6. The Bertz CT molecular complexity index is 1370. The van der Waals surface area contributed by atoms with Gasteiger partial charge in [-0.15, -0.1) is 0 Å². The lowest BCUT2D eigenvalue weighted by Crippen LogP contribution is -2.43. The number of halogens is 3. The predicted octanol–water partition coefficient (Wildman–Crippen LogP) is 3.00. The minimum atomic E-state index is -3.29. The number of ether oxygens (including phenoxy) is 3. The summed E-state index contributed by atoms with van der Waals surface area (Å²) in [7, 11) is 1.52. The van der Waals surface area contributed by atoms with Crippen LogP contribution in [0.4, 0.5) is 20.3 Å². The largest absolute Gasteiger partial charge is 0.491 e. The standard InChI is InChI=1S/C25H27ClF2N4O6/c1-25(27,28)38-19-9-7-18(8-10-19)36-13-14-37-23-29-21-20(22(34)31(11-12-33)24(35)30(21)2)32(23)15-16-3-5-17(26)6-4-16/h3-10,23,29,33H,11-15H2,1-2H3. The molecule has 0 radical (unpaired) electrons. The van der Waals surface area contributed by atoms with E-state index in [0.29, 0.717) is 17.7 Å². The van der Waals surface area contributed by atoms with Gasteiger partial charge < -0.3 is 29.5 Å². The van der Waals surface area contributed by atoms with Crippen LogP contribution in [0.15, 0.2) is 58.1 Å². The number of aliphatic hydroxyl groups is 1. The van der Waals surface area contributed by atoms with E-state index < -0.39 is 23.7 Å². The number of aromatic nitrogens is 2. The van der Waals surface area contributed by atoms with Gasteiger partial charge in [0.15, 0.2) is 0 Å². The molecule has 1 aliphatic heterocycles. The number of hydrogen-bond donors (Lipinski definition) is 2. The van der Waals surface area contributed by atoms with Crippen molar-refractivity contribution in [1.29, 1.82) is 0 Å². The lowest BCUT2D eigenvalue weighted by molar-refractivity contribution is -0.158. The highest BCUT2D eigenvalue weighted by Gasteiger charge is 2.35. The molecule has 1 aromatic heterocycles. The molecule has 0 saturated heterocycles. The van der Waals surface area contributed by atoms with Gasteiger partial charge in [-0.2, -0.15) is 8.78 Å². The minimum absolute atomic E-state index is 0.00401. The van der Waals surface area contributed by atoms with Crippen LogP contribution in [0.1, 0.15) is 12.5 Å². The molecule has 0 fully saturated rings. The van der Waals surface area contributed by atoms with Crippen molar-refractivity contribution in [2.45, 2.75) is 32.5 Å². The van der Waals surface area contributed by atoms with Crippen molar-refractivity contribution in [2.75, 3.05) is 30.0 Å². The smallest absolute Gasteiger partial charge is 0.394 e. The summed E-state index contributed by atoms with van der Waals surface area (Å²) in [5.74, 6) is 0.719. The van der Waals surface area contributed by atoms with Crippen LogP contribution >= 0.6 is 11.6 Å². The molecule has 1 atom stereocenters. The van der Waals surface area contributed by atoms with Crippen LogP contribution in [0.2, 0.25) is 5.02 Å². The summed E-state index contributed by atoms with van der Waals surface area (Å²) in [5, 5.41) is 13.0. The van der Waals surface area contributed by atoms with Gasteiger partial charge in [-0.25, -0.2) is 4.79 Å². The van der Waals surface area contributed by atoms with Crippen molar-refractivity contribution in [2.24, 2.45) is 7.05 Å². The Hall–Kier alpha value is -3.61. The van der Waals surface area contributed by atoms with E-state index in [2.05, 4.69) is 10.1 Å². The summed E-state index contributed by atoms with van der Waals surface area (Å²) < 4.78 is 44.4. The molecule has 1 unspecified atom stereocenters. The van der Waals surface area contributed by atoms with Crippen LogP contribution in [0.3, 0.4) is 0 Å². The Morgan fingerprint density at radius 1 is 1.05 bits per heavy atom. The van der Waals surface area contributed by atoms with Gasteiger partial charge in [0.2, 0.25) is 6.35 Å². The molecule has 204 valence electrons. The quantitative estimate of drug-likeness (QED) is 0.350. The summed E-state index contributed by atoms with van der Waals surface area (Å²) in [4.78, 5) is 27.6. The van der Waals surface area contributed by atoms with Crippen LogP contribution in [-0.2, 0) is 24.9 Å². The molecule has 2 aromatic carbocycles. The average Bonchev–Trinajstić information content (AvgIpc) is 3.23. The summed E-state index contributed by atoms with van der Waals surface area (Å²) in [6, 6.07) is 12.8. The first kappa shape index (κ1) is 27.4. The van der Waals surface area contributed by atoms with Crippen molar-refractivity contribution >= 4 is 23.1 Å². The van der Waals surface area contributed by atoms with E-state index in [1.807, 2.05) is 12.1 Å². The van der Waals surface area contributed by atoms with E-state index in [-0.39, 0.29) is 50.2 Å². The van der Waals surface area contributed by atoms with Crippen LogP contribution in [0, 0.1) is 0 Å². The minimum Gasteiger partial charge on any atom is -0.491 e. The van der Waals surface area contributed by atoms with E-state index in [4.69, 9.17) is 21.1 Å². The van der Waals surface area contributed by atoms with Crippen molar-refractivity contribution in [1.82, 2.24) is 9.13 Å². The lowest BCUT2D eigenvalue weighted by Gasteiger charge is -2.26. The first-order valence-electron chi connectivity index (χ1n) is 11.7. The molecule has 0 bridgehead atoms. The first-order chi connectivity index (χ1) is 18.1. The maximum Gasteiger partial charge on any atom is 0.394 e. The molecule has 2 heterocycles. The van der Waals surface area contributed by atoms with Crippen molar-refractivity contribution in [3.05, 3.63) is 80.0 Å². The van der Waals surface area contributed by atoms with Gasteiger partial charge in [0.05, 0.1) is 19.8 Å². The van der Waals surface area contributed by atoms with Gasteiger partial charge in [0, 0.05) is 25.5 Å². The number of benzene rings is 2. The highest BCUT2D eigenvalue weighted by atomic mass is 35.5. The second-order valence-corrected chi connectivity index (χ2v) is 9.01. The number of alkyl halides is 2. The number of fused-ring (bicyclic) bond motifs is 1. The van der Waals surface area contributed by atoms with Gasteiger partial charge >= 0.3 is 11.8 Å². The molecule has 1 aliphatic rings. The summed E-state index contributed by atoms with van der Waals surface area (Å²) in [6.45, 7) is 0.601. The number of hydrogen-bond acceptors (Lipinski definition) is 8. The molecule has 0 saturated carbocycles. The van der Waals surface area contributed by atoms with Crippen molar-refractivity contribution in [3.63, 3.8) is 0 Å². The summed E-state index contributed by atoms with van der Waals surface area (Å²) >= 11 is 6.01. The zero-order valence-electron chi connectivity index (χ0n) is 20.7. The van der Waals surface area contributed by atoms with E-state index in [9.17, 15) is 23.5 Å². The van der Waals surface area contributed by atoms with E-state index in [1.165, 1.54) is 35.9 Å². The van der Waals surface area contributed by atoms with Crippen LogP contribution in [0.25, 0.3) is 0 Å². The lowest BCUT2D eigenvalue weighted by atomic mass is 10.2. The van der Waals surface area contributed by atoms with Gasteiger partial charge in [0.1, 0.15) is 29.6 Å². The number of nitrogens with one attached hydrogen (secondary N) is 1. The summed E-state index contributed by atoms with van der Waals surface area (Å²) in [6.07, 6.45) is -4.10. The first-order valence-corrected chi connectivity index (χ1v) is 12.1. The maximum atomic E-state index is 13.3. The Morgan fingerprint density at radius 2 is 1.71 bits per heavy atom. The van der Waals surface area contributed by atoms with Crippen molar-refractivity contribution in [3.8, 4) is 11.5 Å². The van der Waals surface area contributed by atoms with Crippen molar-refractivity contribution < 1.29 is 28.1 Å². The van der Waals surface area contributed by atoms with E-state index in [1.54, 1.807) is 17.0 Å². The fourth-order valence-electron chi connectivity index (χ4n) is 4.00. The van der Waals surface area contributed by atoms with Gasteiger partial charge in [-0.05, 0) is 42.0 Å². The van der Waals surface area contributed by atoms with Gasteiger partial charge in [-0.1, -0.05) is 23.7 Å². The molecule has 13 heteroatoms. The third-order valence-corrected chi connectivity index (χ3v) is 5.95. The maximum absolute atomic E-state index is 13.3. The zero-order chi connectivity index (χ0) is 27.4. The molecule has 0 amide bonds. The van der Waals surface area contributed by atoms with E-state index in [0.717, 1.165) is 10.1 Å². The monoisotopic (exact) mass is 552 g/mol. The highest BCUT2D eigenvalue weighted by molar-refractivity contribution is 6.30. The fourth-order valence-corrected chi connectivity index (χ4v) is 4.12. The second-order valence-electron chi connectivity index (χ2n) is 8.57. The summed E-state index contributed by atoms with van der Waals surface area (Å²) in [5.41, 5.74) is -0.0551. The molecular weight excluding hydrogens is 526 g/mol. The fraction of sp³-hybridized carbons (Fsp3) is 0.360. The Morgan fingerprint density at radius 3 is 2.34 bits per heavy atom. The van der Waals surface area contributed by atoms with Crippen LogP contribution in [-0.4, -0.2) is 46.5 Å². The number of aliphatic hydroxyl groups excluding tert-OH is 1. The van der Waals surface area contributed by atoms with Crippen LogP contribution < -0.4 is 30.9 Å². The third-order valence-electron chi connectivity index (χ3n) is 5.69. The SMILES string of the molecule is Cn1c2c(c(=O)n(CCO)c1=O)N(Cc1ccc(Cl)cc1)C(OCCOc1ccc(OC(C)(F)F)cc1)N2. The molecule has 2 N–H and O–H groups in total. The van der Waals surface area contributed by atoms with E-state index >= 15 is 0 Å². The molecule has 0 aliphatic carbocycles. The molecule has 0 spiro atoms. The Labute approximate surface area is 221 Å². The second kappa shape index (κ2) is 11.4. The third kappa shape index (κ3) is 6.26. The number of anilines is 2. The predicted molar refractivity (Wildman–Crippen MR) is 137 cm³/mol. The topological polar surface area (TPSA) is 107 Å². The highest BCUT2D eigenvalue weighted by Crippen LogP contribution is 2.32. The van der Waals surface area contributed by atoms with Gasteiger partial charge in [-0.3, -0.25) is 13.9 Å². The molecule has 4 rings (SSSR count).